The number of ether oxygens (including phenoxy) is 2. The molecule has 10 nitrogen and oxygen atoms in total. The molecule has 1 saturated heterocycles. The summed E-state index contributed by atoms with van der Waals surface area (Å²) in [6, 6.07) is 15.5. The summed E-state index contributed by atoms with van der Waals surface area (Å²) < 4.78 is 22.5. The summed E-state index contributed by atoms with van der Waals surface area (Å²) in [5.74, 6) is 1.60. The number of pyridine rings is 1. The van der Waals surface area contributed by atoms with E-state index >= 15 is 0 Å². The van der Waals surface area contributed by atoms with Crippen LogP contribution in [0.15, 0.2) is 65.7 Å². The Bertz CT molecular complexity index is 1300. The van der Waals surface area contributed by atoms with Crippen LogP contribution in [0.5, 0.6) is 17.2 Å². The van der Waals surface area contributed by atoms with Gasteiger partial charge in [0, 0.05) is 55.4 Å². The number of rotatable bonds is 11. The minimum Gasteiger partial charge on any atom is -0.507 e. The number of nitrogens with zero attached hydrogens (tertiary/aromatic N) is 2. The van der Waals surface area contributed by atoms with E-state index in [1.807, 2.05) is 18.2 Å². The van der Waals surface area contributed by atoms with Crippen LogP contribution >= 0.6 is 0 Å². The van der Waals surface area contributed by atoms with Crippen molar-refractivity contribution < 1.29 is 28.7 Å². The van der Waals surface area contributed by atoms with Crippen LogP contribution in [0, 0.1) is 0 Å². The molecule has 11 heteroatoms. The highest BCUT2D eigenvalue weighted by molar-refractivity contribution is 7.84. The van der Waals surface area contributed by atoms with Crippen molar-refractivity contribution in [2.24, 2.45) is 0 Å². The lowest BCUT2D eigenvalue weighted by atomic mass is 10.0. The number of carbonyl (C=O) groups excluding carboxylic acids is 1. The molecule has 2 aromatic carbocycles. The maximum absolute atomic E-state index is 12.8. The van der Waals surface area contributed by atoms with Crippen LogP contribution < -0.4 is 25.0 Å². The van der Waals surface area contributed by atoms with Gasteiger partial charge in [-0.1, -0.05) is 6.07 Å². The number of aromatic nitrogens is 1. The minimum atomic E-state index is -1.34. The summed E-state index contributed by atoms with van der Waals surface area (Å²) in [6.45, 7) is 1.97. The summed E-state index contributed by atoms with van der Waals surface area (Å²) in [6.07, 6.45) is 4.12. The van der Waals surface area contributed by atoms with Crippen molar-refractivity contribution in [3.63, 3.8) is 0 Å². The number of phenolic OH excluding ortho intramolecular Hbond substituents is 1. The van der Waals surface area contributed by atoms with Gasteiger partial charge in [-0.05, 0) is 55.3 Å². The van der Waals surface area contributed by atoms with Gasteiger partial charge in [0.1, 0.15) is 35.8 Å². The van der Waals surface area contributed by atoms with Gasteiger partial charge in [0.25, 0.3) is 5.91 Å². The van der Waals surface area contributed by atoms with Crippen LogP contribution in [0.2, 0.25) is 0 Å². The van der Waals surface area contributed by atoms with Gasteiger partial charge in [0.2, 0.25) is 0 Å². The maximum Gasteiger partial charge on any atom is 0.255 e. The third-order valence-electron chi connectivity index (χ3n) is 6.48. The standard InChI is InChI=1S/C28H34N4O6S/c1-37-23-5-3-4-21(15-23)31-28(35)19-8-11-29-27(14-19)32-12-9-20(10-13-32)30-17-22(33)18-38-24-6-7-25(34)26(16-24)39(2)36/h3-8,11,14-16,20,22,30,33-34H,9-10,12-13,17-18H2,1-2H3,(H,31,35). The Morgan fingerprint density at radius 1 is 1.15 bits per heavy atom. The largest absolute Gasteiger partial charge is 0.507 e. The third kappa shape index (κ3) is 7.92. The molecule has 1 aliphatic heterocycles. The van der Waals surface area contributed by atoms with E-state index in [2.05, 4.69) is 20.5 Å². The quantitative estimate of drug-likeness (QED) is 0.282. The Labute approximate surface area is 230 Å². The van der Waals surface area contributed by atoms with Crippen molar-refractivity contribution >= 4 is 28.2 Å². The zero-order valence-corrected chi connectivity index (χ0v) is 22.8. The normalized spacial score (nSPS) is 15.4. The number of phenols is 1. The number of nitrogens with one attached hydrogen (secondary N) is 2. The molecular weight excluding hydrogens is 520 g/mol. The van der Waals surface area contributed by atoms with E-state index in [-0.39, 0.29) is 24.3 Å². The van der Waals surface area contributed by atoms with Crippen molar-refractivity contribution in [2.45, 2.75) is 29.9 Å². The number of aromatic hydroxyl groups is 1. The van der Waals surface area contributed by atoms with Crippen molar-refractivity contribution in [1.29, 1.82) is 0 Å². The number of amides is 1. The highest BCUT2D eigenvalue weighted by Crippen LogP contribution is 2.26. The molecule has 0 saturated carbocycles. The summed E-state index contributed by atoms with van der Waals surface area (Å²) in [7, 11) is 0.242. The molecule has 39 heavy (non-hydrogen) atoms. The lowest BCUT2D eigenvalue weighted by molar-refractivity contribution is 0.102. The monoisotopic (exact) mass is 554 g/mol. The molecule has 4 rings (SSSR count). The molecular formula is C28H34N4O6S. The molecule has 2 unspecified atom stereocenters. The van der Waals surface area contributed by atoms with Crippen molar-refractivity contribution in [1.82, 2.24) is 10.3 Å². The lowest BCUT2D eigenvalue weighted by Crippen LogP contribution is -2.45. The van der Waals surface area contributed by atoms with Crippen LogP contribution in [0.1, 0.15) is 23.2 Å². The van der Waals surface area contributed by atoms with Crippen LogP contribution in [-0.4, -0.2) is 77.1 Å². The molecule has 1 fully saturated rings. The number of piperidine rings is 1. The van der Waals surface area contributed by atoms with E-state index in [0.29, 0.717) is 34.2 Å². The molecule has 0 bridgehead atoms. The number of aliphatic hydroxyl groups excluding tert-OH is 1. The average molecular weight is 555 g/mol. The summed E-state index contributed by atoms with van der Waals surface area (Å²) >= 11 is 0. The molecule has 2 heterocycles. The summed E-state index contributed by atoms with van der Waals surface area (Å²) in [4.78, 5) is 19.7. The number of anilines is 2. The van der Waals surface area contributed by atoms with Gasteiger partial charge in [0.15, 0.2) is 0 Å². The van der Waals surface area contributed by atoms with Crippen molar-refractivity contribution in [3.05, 3.63) is 66.4 Å². The van der Waals surface area contributed by atoms with Gasteiger partial charge in [-0.15, -0.1) is 0 Å². The molecule has 0 radical (unpaired) electrons. The number of benzene rings is 2. The highest BCUT2D eigenvalue weighted by Gasteiger charge is 2.21. The second-order valence-electron chi connectivity index (χ2n) is 9.31. The number of carbonyl (C=O) groups is 1. The second-order valence-corrected chi connectivity index (χ2v) is 10.7. The number of methoxy groups -OCH3 is 1. The summed E-state index contributed by atoms with van der Waals surface area (Å²) in [5, 5.41) is 26.4. The zero-order chi connectivity index (χ0) is 27.8. The Morgan fingerprint density at radius 2 is 1.95 bits per heavy atom. The molecule has 2 atom stereocenters. The fourth-order valence-corrected chi connectivity index (χ4v) is 4.96. The van der Waals surface area contributed by atoms with Gasteiger partial charge in [-0.25, -0.2) is 4.98 Å². The molecule has 1 amide bonds. The van der Waals surface area contributed by atoms with Gasteiger partial charge in [0.05, 0.1) is 22.8 Å². The first-order valence-corrected chi connectivity index (χ1v) is 14.3. The van der Waals surface area contributed by atoms with E-state index in [9.17, 15) is 19.2 Å². The van der Waals surface area contributed by atoms with Crippen LogP contribution in [0.25, 0.3) is 0 Å². The predicted molar refractivity (Wildman–Crippen MR) is 150 cm³/mol. The van der Waals surface area contributed by atoms with Crippen LogP contribution in [0.4, 0.5) is 11.5 Å². The van der Waals surface area contributed by atoms with Gasteiger partial charge < -0.3 is 35.2 Å². The number of hydrogen-bond acceptors (Lipinski definition) is 9. The van der Waals surface area contributed by atoms with Crippen LogP contribution in [0.3, 0.4) is 0 Å². The lowest BCUT2D eigenvalue weighted by Gasteiger charge is -2.33. The fraction of sp³-hybridized carbons (Fsp3) is 0.357. The highest BCUT2D eigenvalue weighted by atomic mass is 32.2. The first kappa shape index (κ1) is 28.3. The second kappa shape index (κ2) is 13.4. The smallest absolute Gasteiger partial charge is 0.255 e. The minimum absolute atomic E-state index is 0.0461. The Kier molecular flexibility index (Phi) is 9.74. The zero-order valence-electron chi connectivity index (χ0n) is 22.0. The van der Waals surface area contributed by atoms with Gasteiger partial charge in [-0.3, -0.25) is 9.00 Å². The van der Waals surface area contributed by atoms with E-state index in [0.717, 1.165) is 31.7 Å². The SMILES string of the molecule is COc1cccc(NC(=O)c2ccnc(N3CCC(NCC(O)COc4ccc(O)c(S(C)=O)c4)CC3)c2)c1. The van der Waals surface area contributed by atoms with Crippen molar-refractivity contribution in [3.8, 4) is 17.2 Å². The molecule has 1 aliphatic rings. The first-order valence-electron chi connectivity index (χ1n) is 12.7. The molecule has 0 aliphatic carbocycles. The summed E-state index contributed by atoms with van der Waals surface area (Å²) in [5.41, 5.74) is 1.18. The number of hydrogen-bond donors (Lipinski definition) is 4. The van der Waals surface area contributed by atoms with E-state index < -0.39 is 16.9 Å². The molecule has 3 aromatic rings. The fourth-order valence-electron chi connectivity index (χ4n) is 4.32. The van der Waals surface area contributed by atoms with Gasteiger partial charge in [-0.2, -0.15) is 0 Å². The predicted octanol–water partition coefficient (Wildman–Crippen LogP) is 2.78. The Hall–Kier alpha value is -3.67. The van der Waals surface area contributed by atoms with E-state index in [4.69, 9.17) is 9.47 Å². The average Bonchev–Trinajstić information content (AvgIpc) is 2.96. The van der Waals surface area contributed by atoms with E-state index in [1.54, 1.807) is 37.6 Å². The molecule has 208 valence electrons. The molecule has 4 N–H and O–H groups in total. The Morgan fingerprint density at radius 3 is 2.69 bits per heavy atom. The first-order chi connectivity index (χ1) is 18.8. The van der Waals surface area contributed by atoms with Gasteiger partial charge >= 0.3 is 0 Å². The maximum atomic E-state index is 12.8. The third-order valence-corrected chi connectivity index (χ3v) is 7.43. The van der Waals surface area contributed by atoms with E-state index in [1.165, 1.54) is 18.4 Å². The Balaban J connectivity index is 1.22. The molecule has 0 spiro atoms. The topological polar surface area (TPSA) is 133 Å². The molecule has 1 aromatic heterocycles. The van der Waals surface area contributed by atoms with Crippen LogP contribution in [-0.2, 0) is 10.8 Å². The number of aliphatic hydroxyl groups is 1. The van der Waals surface area contributed by atoms with Crippen molar-refractivity contribution in [2.75, 3.05) is 49.8 Å².